The van der Waals surface area contributed by atoms with Gasteiger partial charge in [-0.05, 0) is 36.2 Å². The van der Waals surface area contributed by atoms with Crippen molar-refractivity contribution in [3.63, 3.8) is 0 Å². The lowest BCUT2D eigenvalue weighted by Gasteiger charge is -2.13. The minimum Gasteiger partial charge on any atom is -0.435 e. The molecule has 0 saturated heterocycles. The summed E-state index contributed by atoms with van der Waals surface area (Å²) >= 11 is 6.17. The van der Waals surface area contributed by atoms with Gasteiger partial charge in [-0.15, -0.1) is 11.6 Å². The van der Waals surface area contributed by atoms with Crippen molar-refractivity contribution in [3.8, 4) is 5.75 Å². The van der Waals surface area contributed by atoms with Crippen LogP contribution in [0.3, 0.4) is 0 Å². The molecule has 0 aliphatic heterocycles. The van der Waals surface area contributed by atoms with E-state index in [0.717, 1.165) is 6.07 Å². The van der Waals surface area contributed by atoms with E-state index in [0.29, 0.717) is 5.56 Å². The maximum Gasteiger partial charge on any atom is 0.387 e. The van der Waals surface area contributed by atoms with Gasteiger partial charge >= 0.3 is 6.61 Å². The van der Waals surface area contributed by atoms with Crippen molar-refractivity contribution in [3.05, 3.63) is 64.7 Å². The van der Waals surface area contributed by atoms with Crippen LogP contribution in [0.25, 0.3) is 0 Å². The van der Waals surface area contributed by atoms with Crippen molar-refractivity contribution in [2.24, 2.45) is 0 Å². The largest absolute Gasteiger partial charge is 0.435 e. The lowest BCUT2D eigenvalue weighted by atomic mass is 10.0. The quantitative estimate of drug-likeness (QED) is 0.556. The molecule has 0 aliphatic rings. The van der Waals surface area contributed by atoms with Crippen molar-refractivity contribution >= 4 is 11.6 Å². The van der Waals surface area contributed by atoms with Crippen molar-refractivity contribution in [1.29, 1.82) is 0 Å². The summed E-state index contributed by atoms with van der Waals surface area (Å²) in [7, 11) is 0. The zero-order valence-electron chi connectivity index (χ0n) is 10.9. The van der Waals surface area contributed by atoms with Gasteiger partial charge in [-0.1, -0.05) is 12.1 Å². The Kier molecular flexibility index (Phi) is 4.73. The van der Waals surface area contributed by atoms with Gasteiger partial charge in [-0.25, -0.2) is 8.78 Å². The molecular weight excluding hydrogens is 308 g/mol. The second-order valence-electron chi connectivity index (χ2n) is 4.43. The number of rotatable bonds is 4. The van der Waals surface area contributed by atoms with Crippen molar-refractivity contribution in [2.45, 2.75) is 18.9 Å². The summed E-state index contributed by atoms with van der Waals surface area (Å²) in [5.41, 5.74) is 0.885. The lowest BCUT2D eigenvalue weighted by molar-refractivity contribution is -0.0498. The fraction of sp³-hybridized carbons (Fsp3) is 0.200. The molecule has 2 aromatic rings. The van der Waals surface area contributed by atoms with Gasteiger partial charge in [0.15, 0.2) is 0 Å². The van der Waals surface area contributed by atoms with Crippen molar-refractivity contribution in [1.82, 2.24) is 0 Å². The molecule has 112 valence electrons. The Bertz CT molecular complexity index is 628. The summed E-state index contributed by atoms with van der Waals surface area (Å²) in [5.74, 6) is -1.43. The van der Waals surface area contributed by atoms with E-state index < -0.39 is 23.6 Å². The Morgan fingerprint density at radius 2 is 1.62 bits per heavy atom. The molecule has 0 saturated carbocycles. The van der Waals surface area contributed by atoms with Gasteiger partial charge in [0.25, 0.3) is 0 Å². The van der Waals surface area contributed by atoms with E-state index in [4.69, 9.17) is 11.6 Å². The summed E-state index contributed by atoms with van der Waals surface area (Å²) in [4.78, 5) is 0. The number of alkyl halides is 3. The molecule has 0 amide bonds. The summed E-state index contributed by atoms with van der Waals surface area (Å²) in [6.07, 6.45) is 0. The molecule has 0 fully saturated rings. The van der Waals surface area contributed by atoms with E-state index in [1.54, 1.807) is 0 Å². The standard InChI is InChI=1S/C15H11ClF4O/c1-8-6-11(13(18)7-12(8)17)14(16)9-2-4-10(5-3-9)21-15(19)20/h2-7,14-15H,1H3. The van der Waals surface area contributed by atoms with Crippen LogP contribution >= 0.6 is 11.6 Å². The SMILES string of the molecule is Cc1cc(C(Cl)c2ccc(OC(F)F)cc2)c(F)cc1F. The maximum atomic E-state index is 13.8. The molecule has 0 N–H and O–H groups in total. The molecule has 0 spiro atoms. The van der Waals surface area contributed by atoms with Crippen molar-refractivity contribution in [2.75, 3.05) is 0 Å². The van der Waals surface area contributed by atoms with Gasteiger partial charge < -0.3 is 4.74 Å². The highest BCUT2D eigenvalue weighted by Gasteiger charge is 2.17. The zero-order valence-corrected chi connectivity index (χ0v) is 11.7. The Hall–Kier alpha value is -1.75. The number of halogens is 5. The van der Waals surface area contributed by atoms with Crippen LogP contribution in [-0.2, 0) is 0 Å². The zero-order chi connectivity index (χ0) is 15.6. The molecule has 21 heavy (non-hydrogen) atoms. The molecule has 0 bridgehead atoms. The monoisotopic (exact) mass is 318 g/mol. The number of aryl methyl sites for hydroxylation is 1. The highest BCUT2D eigenvalue weighted by Crippen LogP contribution is 2.32. The van der Waals surface area contributed by atoms with Crippen LogP contribution in [0.1, 0.15) is 22.1 Å². The van der Waals surface area contributed by atoms with Crippen LogP contribution < -0.4 is 4.74 Å². The van der Waals surface area contributed by atoms with E-state index in [1.165, 1.54) is 37.3 Å². The second kappa shape index (κ2) is 6.35. The topological polar surface area (TPSA) is 9.23 Å². The third kappa shape index (κ3) is 3.67. The molecule has 0 heterocycles. The average Bonchev–Trinajstić information content (AvgIpc) is 2.42. The normalized spacial score (nSPS) is 12.5. The minimum atomic E-state index is -2.92. The smallest absolute Gasteiger partial charge is 0.387 e. The maximum absolute atomic E-state index is 13.8. The lowest BCUT2D eigenvalue weighted by Crippen LogP contribution is -2.03. The van der Waals surface area contributed by atoms with Gasteiger partial charge in [-0.2, -0.15) is 8.78 Å². The summed E-state index contributed by atoms with van der Waals surface area (Å²) in [6, 6.07) is 7.62. The molecule has 0 radical (unpaired) electrons. The molecule has 1 unspecified atom stereocenters. The van der Waals surface area contributed by atoms with Crippen LogP contribution in [0.4, 0.5) is 17.6 Å². The fourth-order valence-corrected chi connectivity index (χ4v) is 2.18. The third-order valence-corrected chi connectivity index (χ3v) is 3.44. The Balaban J connectivity index is 2.27. The first-order chi connectivity index (χ1) is 9.88. The van der Waals surface area contributed by atoms with Crippen LogP contribution in [0.15, 0.2) is 36.4 Å². The van der Waals surface area contributed by atoms with Gasteiger partial charge in [0.2, 0.25) is 0 Å². The number of hydrogen-bond acceptors (Lipinski definition) is 1. The first-order valence-corrected chi connectivity index (χ1v) is 6.46. The molecule has 2 aromatic carbocycles. The van der Waals surface area contributed by atoms with E-state index in [1.807, 2.05) is 0 Å². The van der Waals surface area contributed by atoms with Gasteiger partial charge in [0.05, 0.1) is 5.38 Å². The van der Waals surface area contributed by atoms with E-state index >= 15 is 0 Å². The molecule has 6 heteroatoms. The van der Waals surface area contributed by atoms with Crippen molar-refractivity contribution < 1.29 is 22.3 Å². The third-order valence-electron chi connectivity index (χ3n) is 2.95. The van der Waals surface area contributed by atoms with E-state index in [9.17, 15) is 17.6 Å². The predicted octanol–water partition coefficient (Wildman–Crippen LogP) is 5.20. The Morgan fingerprint density at radius 3 is 2.19 bits per heavy atom. The first-order valence-electron chi connectivity index (χ1n) is 6.03. The second-order valence-corrected chi connectivity index (χ2v) is 4.87. The minimum absolute atomic E-state index is 0.0200. The Labute approximate surface area is 124 Å². The number of hydrogen-bond donors (Lipinski definition) is 0. The predicted molar refractivity (Wildman–Crippen MR) is 71.9 cm³/mol. The number of benzene rings is 2. The average molecular weight is 319 g/mol. The van der Waals surface area contributed by atoms with Crippen LogP contribution in [0.2, 0.25) is 0 Å². The van der Waals surface area contributed by atoms with Crippen LogP contribution in [-0.4, -0.2) is 6.61 Å². The van der Waals surface area contributed by atoms with Gasteiger partial charge in [0.1, 0.15) is 17.4 Å². The van der Waals surface area contributed by atoms with E-state index in [2.05, 4.69) is 4.74 Å². The van der Waals surface area contributed by atoms with Crippen LogP contribution in [0.5, 0.6) is 5.75 Å². The molecule has 1 nitrogen and oxygen atoms in total. The summed E-state index contributed by atoms with van der Waals surface area (Å²) in [5, 5.41) is -0.857. The fourth-order valence-electron chi connectivity index (χ4n) is 1.87. The molecule has 0 aromatic heterocycles. The van der Waals surface area contributed by atoms with E-state index in [-0.39, 0.29) is 16.9 Å². The molecular formula is C15H11ClF4O. The summed E-state index contributed by atoms with van der Waals surface area (Å²) in [6.45, 7) is -1.42. The molecule has 2 rings (SSSR count). The summed E-state index contributed by atoms with van der Waals surface area (Å²) < 4.78 is 55.3. The van der Waals surface area contributed by atoms with Crippen LogP contribution in [0, 0.1) is 18.6 Å². The highest BCUT2D eigenvalue weighted by atomic mass is 35.5. The highest BCUT2D eigenvalue weighted by molar-refractivity contribution is 6.22. The number of ether oxygens (including phenoxy) is 1. The van der Waals surface area contributed by atoms with Gasteiger partial charge in [-0.3, -0.25) is 0 Å². The van der Waals surface area contributed by atoms with Gasteiger partial charge in [0, 0.05) is 11.6 Å². The first kappa shape index (κ1) is 15.6. The molecule has 0 aliphatic carbocycles. The molecule has 1 atom stereocenters. The Morgan fingerprint density at radius 1 is 1.00 bits per heavy atom.